The van der Waals surface area contributed by atoms with Crippen molar-refractivity contribution >= 4 is 17.4 Å². The zero-order chi connectivity index (χ0) is 13.3. The summed E-state index contributed by atoms with van der Waals surface area (Å²) in [7, 11) is 2.69. The number of H-pyrrole nitrogens is 1. The normalized spacial score (nSPS) is 10.4. The molecule has 0 atom stereocenters. The van der Waals surface area contributed by atoms with Gasteiger partial charge in [0.25, 0.3) is 0 Å². The number of halogens is 2. The summed E-state index contributed by atoms with van der Waals surface area (Å²) in [4.78, 5) is 0. The van der Waals surface area contributed by atoms with Crippen molar-refractivity contribution in [1.29, 1.82) is 0 Å². The van der Waals surface area contributed by atoms with E-state index in [9.17, 15) is 4.39 Å². The number of nitrogen functional groups attached to an aromatic ring is 1. The minimum absolute atomic E-state index is 0.0138. The minimum Gasteiger partial charge on any atom is -0.493 e. The molecule has 1 aromatic heterocycles. The second-order valence-electron chi connectivity index (χ2n) is 3.49. The number of hydrogen-bond donors (Lipinski definition) is 2. The van der Waals surface area contributed by atoms with Crippen molar-refractivity contribution in [3.05, 3.63) is 23.0 Å². The van der Waals surface area contributed by atoms with Crippen LogP contribution in [0.5, 0.6) is 11.5 Å². The second kappa shape index (κ2) is 4.73. The molecule has 0 amide bonds. The van der Waals surface area contributed by atoms with E-state index < -0.39 is 5.82 Å². The predicted octanol–water partition coefficient (Wildman–Crippen LogP) is 2.47. The number of anilines is 1. The highest BCUT2D eigenvalue weighted by atomic mass is 35.5. The maximum Gasteiger partial charge on any atom is 0.209 e. The molecule has 1 aromatic carbocycles. The summed E-state index contributed by atoms with van der Waals surface area (Å²) in [5.41, 5.74) is 6.43. The van der Waals surface area contributed by atoms with Gasteiger partial charge in [-0.1, -0.05) is 11.6 Å². The average molecular weight is 272 g/mol. The van der Waals surface area contributed by atoms with Crippen LogP contribution in [-0.4, -0.2) is 24.4 Å². The van der Waals surface area contributed by atoms with E-state index in [1.807, 2.05) is 0 Å². The van der Waals surface area contributed by atoms with Gasteiger partial charge in [0.15, 0.2) is 11.5 Å². The minimum atomic E-state index is -0.671. The van der Waals surface area contributed by atoms with E-state index in [2.05, 4.69) is 10.2 Å². The molecule has 0 saturated carbocycles. The fourth-order valence-corrected chi connectivity index (χ4v) is 1.92. The number of hydrogen-bond acceptors (Lipinski definition) is 4. The van der Waals surface area contributed by atoms with Crippen molar-refractivity contribution in [2.24, 2.45) is 0 Å². The van der Waals surface area contributed by atoms with Gasteiger partial charge in [0.2, 0.25) is 5.82 Å². The largest absolute Gasteiger partial charge is 0.493 e. The Labute approximate surface area is 108 Å². The summed E-state index contributed by atoms with van der Waals surface area (Å²) in [6, 6.07) is 3.08. The van der Waals surface area contributed by atoms with Crippen molar-refractivity contribution < 1.29 is 13.9 Å². The van der Waals surface area contributed by atoms with Gasteiger partial charge >= 0.3 is 0 Å². The van der Waals surface area contributed by atoms with Gasteiger partial charge in [-0.05, 0) is 6.07 Å². The SMILES string of the molecule is COc1c(Cl)cc(-c2cc(N)n[nH]2)c(OC)c1F. The lowest BCUT2D eigenvalue weighted by atomic mass is 10.1. The molecule has 2 rings (SSSR count). The summed E-state index contributed by atoms with van der Waals surface area (Å²) < 4.78 is 24.0. The molecule has 0 aliphatic carbocycles. The highest BCUT2D eigenvalue weighted by Gasteiger charge is 2.21. The Morgan fingerprint density at radius 2 is 1.94 bits per heavy atom. The number of aromatic nitrogens is 2. The third kappa shape index (κ3) is 1.95. The fourth-order valence-electron chi connectivity index (χ4n) is 1.65. The van der Waals surface area contributed by atoms with E-state index in [4.69, 9.17) is 26.8 Å². The molecule has 5 nitrogen and oxygen atoms in total. The summed E-state index contributed by atoms with van der Waals surface area (Å²) in [6.45, 7) is 0. The molecule has 96 valence electrons. The Kier molecular flexibility index (Phi) is 3.29. The van der Waals surface area contributed by atoms with E-state index in [0.29, 0.717) is 17.1 Å². The first-order valence-electron chi connectivity index (χ1n) is 4.99. The maximum atomic E-state index is 14.1. The van der Waals surface area contributed by atoms with Crippen LogP contribution in [0.25, 0.3) is 11.3 Å². The molecule has 0 radical (unpaired) electrons. The van der Waals surface area contributed by atoms with Crippen LogP contribution in [-0.2, 0) is 0 Å². The number of nitrogens with one attached hydrogen (secondary N) is 1. The van der Waals surface area contributed by atoms with Crippen LogP contribution in [0.2, 0.25) is 5.02 Å². The number of nitrogens with zero attached hydrogens (tertiary/aromatic N) is 1. The van der Waals surface area contributed by atoms with E-state index in [1.165, 1.54) is 20.3 Å². The first-order chi connectivity index (χ1) is 8.58. The first-order valence-corrected chi connectivity index (χ1v) is 5.37. The zero-order valence-electron chi connectivity index (χ0n) is 9.75. The Balaban J connectivity index is 2.68. The molecule has 7 heteroatoms. The molecular formula is C11H11ClFN3O2. The highest BCUT2D eigenvalue weighted by Crippen LogP contribution is 2.41. The number of benzene rings is 1. The van der Waals surface area contributed by atoms with Crippen molar-refractivity contribution in [2.75, 3.05) is 20.0 Å². The van der Waals surface area contributed by atoms with Crippen LogP contribution in [0.3, 0.4) is 0 Å². The van der Waals surface area contributed by atoms with Gasteiger partial charge in [-0.3, -0.25) is 5.10 Å². The monoisotopic (exact) mass is 271 g/mol. The summed E-state index contributed by atoms with van der Waals surface area (Å²) >= 11 is 5.93. The van der Waals surface area contributed by atoms with Gasteiger partial charge in [0.1, 0.15) is 5.82 Å². The molecule has 0 aliphatic rings. The quantitative estimate of drug-likeness (QED) is 0.899. The Hall–Kier alpha value is -1.95. The lowest BCUT2D eigenvalue weighted by Gasteiger charge is -2.12. The van der Waals surface area contributed by atoms with E-state index >= 15 is 0 Å². The second-order valence-corrected chi connectivity index (χ2v) is 3.90. The van der Waals surface area contributed by atoms with Crippen molar-refractivity contribution in [3.8, 4) is 22.8 Å². The van der Waals surface area contributed by atoms with Gasteiger partial charge in [0, 0.05) is 11.6 Å². The molecule has 1 heterocycles. The summed E-state index contributed by atoms with van der Waals surface area (Å²) in [6.07, 6.45) is 0. The van der Waals surface area contributed by atoms with Crippen LogP contribution >= 0.6 is 11.6 Å². The molecule has 0 unspecified atom stereocenters. The molecule has 0 fully saturated rings. The lowest BCUT2D eigenvalue weighted by Crippen LogP contribution is -1.97. The summed E-state index contributed by atoms with van der Waals surface area (Å²) in [5.74, 6) is -0.431. The predicted molar refractivity (Wildman–Crippen MR) is 66.5 cm³/mol. The first kappa shape index (κ1) is 12.5. The third-order valence-corrected chi connectivity index (χ3v) is 2.71. The zero-order valence-corrected chi connectivity index (χ0v) is 10.5. The fraction of sp³-hybridized carbons (Fsp3) is 0.182. The Morgan fingerprint density at radius 3 is 2.44 bits per heavy atom. The maximum absolute atomic E-state index is 14.1. The van der Waals surface area contributed by atoms with E-state index in [-0.39, 0.29) is 16.5 Å². The molecule has 3 N–H and O–H groups in total. The number of aromatic amines is 1. The van der Waals surface area contributed by atoms with Gasteiger partial charge in [0.05, 0.1) is 24.9 Å². The number of ether oxygens (including phenoxy) is 2. The topological polar surface area (TPSA) is 73.2 Å². The molecule has 18 heavy (non-hydrogen) atoms. The van der Waals surface area contributed by atoms with E-state index in [1.54, 1.807) is 6.07 Å². The van der Waals surface area contributed by atoms with Crippen molar-refractivity contribution in [1.82, 2.24) is 10.2 Å². The molecule has 0 bridgehead atoms. The van der Waals surface area contributed by atoms with Gasteiger partial charge in [-0.15, -0.1) is 0 Å². The van der Waals surface area contributed by atoms with E-state index in [0.717, 1.165) is 0 Å². The van der Waals surface area contributed by atoms with Crippen molar-refractivity contribution in [2.45, 2.75) is 0 Å². The highest BCUT2D eigenvalue weighted by molar-refractivity contribution is 6.32. The Morgan fingerprint density at radius 1 is 1.28 bits per heavy atom. The molecule has 0 saturated heterocycles. The van der Waals surface area contributed by atoms with Crippen LogP contribution in [0.4, 0.5) is 10.2 Å². The van der Waals surface area contributed by atoms with Gasteiger partial charge < -0.3 is 15.2 Å². The van der Waals surface area contributed by atoms with Gasteiger partial charge in [-0.25, -0.2) is 0 Å². The van der Waals surface area contributed by atoms with Crippen LogP contribution in [0.15, 0.2) is 12.1 Å². The standard InChI is InChI=1S/C11H11ClFN3O2/c1-17-10-5(7-4-8(14)16-15-7)3-6(12)11(18-2)9(10)13/h3-4H,1-2H3,(H3,14,15,16). The van der Waals surface area contributed by atoms with Crippen LogP contribution in [0.1, 0.15) is 0 Å². The number of nitrogens with two attached hydrogens (primary N) is 1. The third-order valence-electron chi connectivity index (χ3n) is 2.43. The smallest absolute Gasteiger partial charge is 0.209 e. The van der Waals surface area contributed by atoms with Crippen LogP contribution < -0.4 is 15.2 Å². The molecule has 2 aromatic rings. The molecule has 0 aliphatic heterocycles. The summed E-state index contributed by atoms with van der Waals surface area (Å²) in [5, 5.41) is 6.58. The molecule has 0 spiro atoms. The number of methoxy groups -OCH3 is 2. The van der Waals surface area contributed by atoms with Crippen molar-refractivity contribution in [3.63, 3.8) is 0 Å². The average Bonchev–Trinajstić information content (AvgIpc) is 2.75. The van der Waals surface area contributed by atoms with Gasteiger partial charge in [-0.2, -0.15) is 9.49 Å². The number of rotatable bonds is 3. The molecular weight excluding hydrogens is 261 g/mol. The lowest BCUT2D eigenvalue weighted by molar-refractivity contribution is 0.351. The van der Waals surface area contributed by atoms with Crippen LogP contribution in [0, 0.1) is 5.82 Å². The Bertz CT molecular complexity index is 586.